The van der Waals surface area contributed by atoms with E-state index in [1.807, 2.05) is 39.8 Å². The van der Waals surface area contributed by atoms with E-state index < -0.39 is 5.60 Å². The van der Waals surface area contributed by atoms with Gasteiger partial charge in [-0.2, -0.15) is 0 Å². The molecule has 0 spiro atoms. The van der Waals surface area contributed by atoms with Crippen LogP contribution in [-0.2, 0) is 16.0 Å². The van der Waals surface area contributed by atoms with Gasteiger partial charge in [0.05, 0.1) is 6.61 Å². The highest BCUT2D eigenvalue weighted by Crippen LogP contribution is 2.27. The van der Waals surface area contributed by atoms with E-state index in [1.165, 1.54) is 12.0 Å². The molecule has 0 bridgehead atoms. The van der Waals surface area contributed by atoms with Crippen LogP contribution in [-0.4, -0.2) is 60.2 Å². The Bertz CT molecular complexity index is 740. The predicted molar refractivity (Wildman–Crippen MR) is 126 cm³/mol. The zero-order valence-electron chi connectivity index (χ0n) is 20.3. The number of hydrogen-bond donors (Lipinski definition) is 0. The predicted octanol–water partition coefficient (Wildman–Crippen LogP) is 4.90. The first-order valence-corrected chi connectivity index (χ1v) is 12.2. The molecular formula is C26H40N2O4. The summed E-state index contributed by atoms with van der Waals surface area (Å²) in [5, 5.41) is 0. The van der Waals surface area contributed by atoms with E-state index >= 15 is 0 Å². The molecule has 2 fully saturated rings. The molecule has 3 rings (SSSR count). The number of rotatable bonds is 6. The lowest BCUT2D eigenvalue weighted by molar-refractivity contribution is -0.138. The fraction of sp³-hybridized carbons (Fsp3) is 0.692. The van der Waals surface area contributed by atoms with Crippen LogP contribution in [0.1, 0.15) is 65.4 Å². The van der Waals surface area contributed by atoms with Crippen molar-refractivity contribution in [1.82, 2.24) is 9.80 Å². The number of hydrogen-bond acceptors (Lipinski definition) is 4. The van der Waals surface area contributed by atoms with Gasteiger partial charge in [0.2, 0.25) is 5.91 Å². The third-order valence-corrected chi connectivity index (χ3v) is 6.50. The maximum Gasteiger partial charge on any atom is 0.410 e. The molecule has 0 N–H and O–H groups in total. The zero-order chi connectivity index (χ0) is 23.1. The van der Waals surface area contributed by atoms with E-state index in [-0.39, 0.29) is 17.9 Å². The number of likely N-dealkylation sites (tertiary alicyclic amines) is 2. The van der Waals surface area contributed by atoms with Crippen molar-refractivity contribution in [3.63, 3.8) is 0 Å². The maximum atomic E-state index is 13.0. The molecule has 6 heteroatoms. The minimum Gasteiger partial charge on any atom is -0.494 e. The first kappa shape index (κ1) is 24.4. The third kappa shape index (κ3) is 7.14. The van der Waals surface area contributed by atoms with E-state index in [4.69, 9.17) is 9.47 Å². The zero-order valence-corrected chi connectivity index (χ0v) is 20.3. The monoisotopic (exact) mass is 444 g/mol. The molecule has 2 saturated heterocycles. The number of nitrogens with zero attached hydrogens (tertiary/aromatic N) is 2. The minimum absolute atomic E-state index is 0.0362. The lowest BCUT2D eigenvalue weighted by Gasteiger charge is -2.37. The van der Waals surface area contributed by atoms with Crippen molar-refractivity contribution in [3.8, 4) is 5.75 Å². The summed E-state index contributed by atoms with van der Waals surface area (Å²) in [6.45, 7) is 11.2. The van der Waals surface area contributed by atoms with Gasteiger partial charge >= 0.3 is 6.09 Å². The van der Waals surface area contributed by atoms with E-state index in [2.05, 4.69) is 17.0 Å². The second-order valence-corrected chi connectivity index (χ2v) is 10.1. The quantitative estimate of drug-likeness (QED) is 0.626. The Balaban J connectivity index is 1.37. The van der Waals surface area contributed by atoms with Crippen LogP contribution in [0.15, 0.2) is 24.3 Å². The number of amides is 2. The molecule has 32 heavy (non-hydrogen) atoms. The number of benzene rings is 1. The largest absolute Gasteiger partial charge is 0.494 e. The maximum absolute atomic E-state index is 13.0. The molecule has 1 aromatic rings. The Hall–Kier alpha value is -2.24. The summed E-state index contributed by atoms with van der Waals surface area (Å²) in [7, 11) is 0. The van der Waals surface area contributed by atoms with Gasteiger partial charge in [-0.15, -0.1) is 0 Å². The summed E-state index contributed by atoms with van der Waals surface area (Å²) in [6, 6.07) is 8.42. The van der Waals surface area contributed by atoms with Crippen molar-refractivity contribution >= 4 is 12.0 Å². The van der Waals surface area contributed by atoms with Crippen LogP contribution in [0, 0.1) is 11.8 Å². The molecule has 0 atom stereocenters. The van der Waals surface area contributed by atoms with Crippen molar-refractivity contribution in [2.75, 3.05) is 32.8 Å². The van der Waals surface area contributed by atoms with Crippen LogP contribution in [0.25, 0.3) is 0 Å². The Morgan fingerprint density at radius 2 is 1.53 bits per heavy atom. The van der Waals surface area contributed by atoms with E-state index in [0.29, 0.717) is 25.6 Å². The van der Waals surface area contributed by atoms with Crippen LogP contribution >= 0.6 is 0 Å². The van der Waals surface area contributed by atoms with Crippen LogP contribution in [0.2, 0.25) is 0 Å². The number of carbonyl (C=O) groups is 2. The second kappa shape index (κ2) is 11.1. The summed E-state index contributed by atoms with van der Waals surface area (Å²) in [5.74, 6) is 1.92. The average molecular weight is 445 g/mol. The van der Waals surface area contributed by atoms with Gasteiger partial charge in [-0.3, -0.25) is 4.79 Å². The van der Waals surface area contributed by atoms with Gasteiger partial charge in [0.15, 0.2) is 0 Å². The van der Waals surface area contributed by atoms with Gasteiger partial charge in [-0.25, -0.2) is 4.79 Å². The first-order valence-electron chi connectivity index (χ1n) is 12.2. The molecule has 2 heterocycles. The summed E-state index contributed by atoms with van der Waals surface area (Å²) >= 11 is 0. The number of ether oxygens (including phenoxy) is 2. The molecule has 0 radical (unpaired) electrons. The van der Waals surface area contributed by atoms with Gasteiger partial charge in [0.1, 0.15) is 11.4 Å². The molecule has 1 aromatic carbocycles. The van der Waals surface area contributed by atoms with E-state index in [0.717, 1.165) is 50.9 Å². The highest BCUT2D eigenvalue weighted by atomic mass is 16.6. The highest BCUT2D eigenvalue weighted by molar-refractivity contribution is 5.79. The van der Waals surface area contributed by atoms with Gasteiger partial charge in [0, 0.05) is 32.1 Å². The normalized spacial score (nSPS) is 18.5. The lowest BCUT2D eigenvalue weighted by Crippen LogP contribution is -2.47. The van der Waals surface area contributed by atoms with Gasteiger partial charge in [0.25, 0.3) is 0 Å². The molecule has 2 amide bonds. The second-order valence-electron chi connectivity index (χ2n) is 10.1. The Labute approximate surface area is 193 Å². The number of piperidine rings is 2. The Morgan fingerprint density at radius 3 is 2.09 bits per heavy atom. The molecule has 2 aliphatic heterocycles. The Kier molecular flexibility index (Phi) is 8.44. The smallest absolute Gasteiger partial charge is 0.410 e. The van der Waals surface area contributed by atoms with Crippen molar-refractivity contribution in [3.05, 3.63) is 29.8 Å². The molecule has 0 unspecified atom stereocenters. The van der Waals surface area contributed by atoms with Crippen LogP contribution in [0.3, 0.4) is 0 Å². The lowest BCUT2D eigenvalue weighted by atomic mass is 9.89. The van der Waals surface area contributed by atoms with Crippen LogP contribution in [0.5, 0.6) is 5.75 Å². The van der Waals surface area contributed by atoms with Gasteiger partial charge in [-0.05, 0) is 89.8 Å². The summed E-state index contributed by atoms with van der Waals surface area (Å²) < 4.78 is 11.0. The third-order valence-electron chi connectivity index (χ3n) is 6.50. The van der Waals surface area contributed by atoms with Gasteiger partial charge in [-0.1, -0.05) is 12.1 Å². The molecule has 6 nitrogen and oxygen atoms in total. The Morgan fingerprint density at radius 1 is 0.938 bits per heavy atom. The molecule has 178 valence electrons. The molecule has 0 saturated carbocycles. The van der Waals surface area contributed by atoms with Gasteiger partial charge < -0.3 is 19.3 Å². The van der Waals surface area contributed by atoms with Crippen molar-refractivity contribution in [2.45, 2.75) is 71.8 Å². The van der Waals surface area contributed by atoms with Crippen molar-refractivity contribution in [1.29, 1.82) is 0 Å². The summed E-state index contributed by atoms with van der Waals surface area (Å²) in [4.78, 5) is 29.0. The molecule has 0 aliphatic carbocycles. The topological polar surface area (TPSA) is 59.1 Å². The minimum atomic E-state index is -0.485. The van der Waals surface area contributed by atoms with E-state index in [1.54, 1.807) is 4.90 Å². The van der Waals surface area contributed by atoms with Crippen LogP contribution in [0.4, 0.5) is 4.79 Å². The van der Waals surface area contributed by atoms with Crippen LogP contribution < -0.4 is 4.74 Å². The SMILES string of the molecule is CCOc1ccc(CCC2CCN(C(=O)C3CCN(C(=O)OC(C)(C)C)CC3)CC2)cc1. The summed E-state index contributed by atoms with van der Waals surface area (Å²) in [6.07, 6.45) is 5.61. The number of carbonyl (C=O) groups excluding carboxylic acids is 2. The summed E-state index contributed by atoms with van der Waals surface area (Å²) in [5.41, 5.74) is 0.866. The standard InChI is InChI=1S/C26H40N2O4/c1-5-31-23-10-8-20(9-11-23)6-7-21-12-16-27(17-13-21)24(29)22-14-18-28(19-15-22)25(30)32-26(2,3)4/h8-11,21-22H,5-7,12-19H2,1-4H3. The van der Waals surface area contributed by atoms with Crippen molar-refractivity contribution in [2.24, 2.45) is 11.8 Å². The molecule has 0 aromatic heterocycles. The fourth-order valence-corrected chi connectivity index (χ4v) is 4.63. The number of aryl methyl sites for hydroxylation is 1. The fourth-order valence-electron chi connectivity index (χ4n) is 4.63. The van der Waals surface area contributed by atoms with Crippen molar-refractivity contribution < 1.29 is 19.1 Å². The average Bonchev–Trinajstić information content (AvgIpc) is 2.78. The first-order chi connectivity index (χ1) is 15.2. The van der Waals surface area contributed by atoms with E-state index in [9.17, 15) is 9.59 Å². The molecule has 2 aliphatic rings. The highest BCUT2D eigenvalue weighted by Gasteiger charge is 2.33. The molecular weight excluding hydrogens is 404 g/mol.